The predicted molar refractivity (Wildman–Crippen MR) is 115 cm³/mol. The van der Waals surface area contributed by atoms with Crippen molar-refractivity contribution in [1.82, 2.24) is 14.5 Å². The number of carbonyl (C=O) groups is 2. The maximum atomic E-state index is 13.7. The largest absolute Gasteiger partial charge is 0.310 e. The molecule has 0 spiro atoms. The quantitative estimate of drug-likeness (QED) is 0.671. The third kappa shape index (κ3) is 3.95. The van der Waals surface area contributed by atoms with Gasteiger partial charge >= 0.3 is 0 Å². The second kappa shape index (κ2) is 8.34. The number of fused-ring (bicyclic) bond motifs is 1. The van der Waals surface area contributed by atoms with Crippen LogP contribution < -0.4 is 5.32 Å². The van der Waals surface area contributed by atoms with Gasteiger partial charge in [-0.25, -0.2) is 12.7 Å². The van der Waals surface area contributed by atoms with E-state index < -0.39 is 33.4 Å². The molecule has 7 nitrogen and oxygen atoms in total. The van der Waals surface area contributed by atoms with Gasteiger partial charge in [-0.15, -0.1) is 12.4 Å². The van der Waals surface area contributed by atoms with Crippen molar-refractivity contribution in [2.75, 3.05) is 26.9 Å². The number of halogens is 1. The summed E-state index contributed by atoms with van der Waals surface area (Å²) in [5, 5.41) is 3.26. The Morgan fingerprint density at radius 3 is 2.55 bits per heavy atom. The summed E-state index contributed by atoms with van der Waals surface area (Å²) in [4.78, 5) is 28.9. The third-order valence-electron chi connectivity index (χ3n) is 5.72. The molecule has 29 heavy (non-hydrogen) atoms. The van der Waals surface area contributed by atoms with Gasteiger partial charge in [-0.05, 0) is 44.6 Å². The van der Waals surface area contributed by atoms with Gasteiger partial charge in [0.05, 0.1) is 18.2 Å². The van der Waals surface area contributed by atoms with Crippen LogP contribution in [0, 0.1) is 11.8 Å². The smallest absolute Gasteiger partial charge is 0.242 e. The fourth-order valence-corrected chi connectivity index (χ4v) is 6.10. The Morgan fingerprint density at radius 2 is 2.00 bits per heavy atom. The highest BCUT2D eigenvalue weighted by Crippen LogP contribution is 2.46. The first-order valence-corrected chi connectivity index (χ1v) is 11.4. The van der Waals surface area contributed by atoms with Crippen LogP contribution in [0.2, 0.25) is 0 Å². The zero-order chi connectivity index (χ0) is 20.9. The van der Waals surface area contributed by atoms with Crippen molar-refractivity contribution in [3.8, 4) is 0 Å². The van der Waals surface area contributed by atoms with Crippen LogP contribution in [-0.4, -0.2) is 67.8 Å². The molecular formula is C20H30ClN3O4S. The highest BCUT2D eigenvalue weighted by Gasteiger charge is 2.67. The first-order valence-electron chi connectivity index (χ1n) is 9.56. The van der Waals surface area contributed by atoms with Gasteiger partial charge in [-0.1, -0.05) is 32.0 Å². The van der Waals surface area contributed by atoms with Crippen LogP contribution >= 0.6 is 12.4 Å². The number of sulfonamides is 1. The van der Waals surface area contributed by atoms with Gasteiger partial charge in [0.2, 0.25) is 15.9 Å². The van der Waals surface area contributed by atoms with Gasteiger partial charge in [0.25, 0.3) is 0 Å². The molecule has 0 bridgehead atoms. The van der Waals surface area contributed by atoms with Crippen LogP contribution in [0.25, 0.3) is 0 Å². The number of carbonyl (C=O) groups excluding carboxylic acids is 2. The fraction of sp³-hybridized carbons (Fsp3) is 0.600. The van der Waals surface area contributed by atoms with Crippen molar-refractivity contribution < 1.29 is 18.0 Å². The molecule has 2 fully saturated rings. The van der Waals surface area contributed by atoms with Crippen molar-refractivity contribution in [3.63, 3.8) is 0 Å². The Hall–Kier alpha value is -1.48. The summed E-state index contributed by atoms with van der Waals surface area (Å²) < 4.78 is 26.1. The SMILES string of the molecule is CC(C)C1C(=O)N(S(C)(=O)=O)C2(C(=O)c3cccc(CN(C)C)c3)CCNC12.Cl. The molecule has 2 saturated heterocycles. The molecule has 0 aliphatic carbocycles. The molecule has 9 heteroatoms. The van der Waals surface area contributed by atoms with Crippen LogP contribution in [0.4, 0.5) is 0 Å². The van der Waals surface area contributed by atoms with Crippen LogP contribution in [0.1, 0.15) is 36.2 Å². The highest BCUT2D eigenvalue weighted by molar-refractivity contribution is 7.89. The van der Waals surface area contributed by atoms with Gasteiger partial charge in [-0.2, -0.15) is 0 Å². The molecule has 162 valence electrons. The minimum atomic E-state index is -3.90. The Balaban J connectivity index is 0.00000300. The molecule has 0 aromatic heterocycles. The lowest BCUT2D eigenvalue weighted by Gasteiger charge is -2.35. The van der Waals surface area contributed by atoms with Crippen molar-refractivity contribution in [3.05, 3.63) is 35.4 Å². The molecule has 1 aromatic rings. The summed E-state index contributed by atoms with van der Waals surface area (Å²) in [6.07, 6.45) is 1.30. The molecule has 0 radical (unpaired) electrons. The molecule has 2 heterocycles. The summed E-state index contributed by atoms with van der Waals surface area (Å²) in [7, 11) is -0.0125. The maximum Gasteiger partial charge on any atom is 0.242 e. The summed E-state index contributed by atoms with van der Waals surface area (Å²) in [6.45, 7) is 4.94. The first-order chi connectivity index (χ1) is 13.0. The highest BCUT2D eigenvalue weighted by atomic mass is 35.5. The normalized spacial score (nSPS) is 26.7. The standard InChI is InChI=1S/C20H29N3O4S.ClH/c1-13(2)16-17-20(9-10-21-17,23(19(16)25)28(5,26)27)18(24)15-8-6-7-14(11-15)12-22(3)4;/h6-8,11,13,16-17,21H,9-10,12H2,1-5H3;1H. The molecular weight excluding hydrogens is 414 g/mol. The maximum absolute atomic E-state index is 13.7. The third-order valence-corrected chi connectivity index (χ3v) is 6.89. The van der Waals surface area contributed by atoms with E-state index in [1.807, 2.05) is 45.0 Å². The Morgan fingerprint density at radius 1 is 1.34 bits per heavy atom. The Kier molecular flexibility index (Phi) is 6.84. The van der Waals surface area contributed by atoms with Gasteiger partial charge in [0, 0.05) is 12.1 Å². The van der Waals surface area contributed by atoms with E-state index >= 15 is 0 Å². The van der Waals surface area contributed by atoms with E-state index in [2.05, 4.69) is 5.32 Å². The van der Waals surface area contributed by atoms with E-state index in [4.69, 9.17) is 0 Å². The van der Waals surface area contributed by atoms with Crippen LogP contribution in [0.15, 0.2) is 24.3 Å². The van der Waals surface area contributed by atoms with Crippen molar-refractivity contribution in [2.45, 2.75) is 38.4 Å². The molecule has 1 aromatic carbocycles. The molecule has 3 atom stereocenters. The number of hydrogen-bond donors (Lipinski definition) is 1. The number of hydrogen-bond acceptors (Lipinski definition) is 6. The monoisotopic (exact) mass is 443 g/mol. The molecule has 3 unspecified atom stereocenters. The van der Waals surface area contributed by atoms with Crippen LogP contribution in [0.5, 0.6) is 0 Å². The Bertz CT molecular complexity index is 903. The molecule has 0 saturated carbocycles. The van der Waals surface area contributed by atoms with Gasteiger partial charge in [0.1, 0.15) is 5.54 Å². The minimum Gasteiger partial charge on any atom is -0.310 e. The zero-order valence-electron chi connectivity index (χ0n) is 17.5. The molecule has 2 aliphatic rings. The average molecular weight is 444 g/mol. The number of ketones is 1. The summed E-state index contributed by atoms with van der Waals surface area (Å²) in [5.74, 6) is -1.41. The molecule has 3 rings (SSSR count). The second-order valence-corrected chi connectivity index (χ2v) is 10.3. The number of rotatable bonds is 6. The van der Waals surface area contributed by atoms with Crippen LogP contribution in [-0.2, 0) is 21.4 Å². The molecule has 2 aliphatic heterocycles. The topological polar surface area (TPSA) is 86.8 Å². The predicted octanol–water partition coefficient (Wildman–Crippen LogP) is 1.53. The number of benzene rings is 1. The summed E-state index contributed by atoms with van der Waals surface area (Å²) >= 11 is 0. The van der Waals surface area contributed by atoms with Gasteiger partial charge < -0.3 is 10.2 Å². The van der Waals surface area contributed by atoms with E-state index in [1.165, 1.54) is 0 Å². The van der Waals surface area contributed by atoms with Gasteiger partial charge in [0.15, 0.2) is 5.78 Å². The number of nitrogens with one attached hydrogen (secondary N) is 1. The van der Waals surface area contributed by atoms with Crippen LogP contribution in [0.3, 0.4) is 0 Å². The lowest BCUT2D eigenvalue weighted by molar-refractivity contribution is -0.129. The number of Topliss-reactive ketones (excluding diaryl/α,β-unsaturated/α-hetero) is 1. The average Bonchev–Trinajstić information content (AvgIpc) is 3.07. The van der Waals surface area contributed by atoms with E-state index in [1.54, 1.807) is 12.1 Å². The van der Waals surface area contributed by atoms with E-state index in [-0.39, 0.29) is 30.5 Å². The lowest BCUT2D eigenvalue weighted by atomic mass is 9.78. The molecule has 1 amide bonds. The van der Waals surface area contributed by atoms with Crippen molar-refractivity contribution in [1.29, 1.82) is 0 Å². The van der Waals surface area contributed by atoms with Gasteiger partial charge in [-0.3, -0.25) is 9.59 Å². The van der Waals surface area contributed by atoms with Crippen molar-refractivity contribution >= 4 is 34.1 Å². The summed E-state index contributed by atoms with van der Waals surface area (Å²) in [6, 6.07) is 6.74. The molecule has 1 N–H and O–H groups in total. The fourth-order valence-electron chi connectivity index (χ4n) is 4.77. The van der Waals surface area contributed by atoms with Crippen molar-refractivity contribution in [2.24, 2.45) is 11.8 Å². The minimum absolute atomic E-state index is 0. The summed E-state index contributed by atoms with van der Waals surface area (Å²) in [5.41, 5.74) is 0.0142. The second-order valence-electron chi connectivity index (χ2n) is 8.51. The van der Waals surface area contributed by atoms with E-state index in [0.717, 1.165) is 16.1 Å². The number of amides is 1. The van der Waals surface area contributed by atoms with E-state index in [9.17, 15) is 18.0 Å². The Labute approximate surface area is 179 Å². The van der Waals surface area contributed by atoms with E-state index in [0.29, 0.717) is 18.7 Å². The first kappa shape index (κ1) is 23.8. The number of nitrogens with zero attached hydrogens (tertiary/aromatic N) is 2. The zero-order valence-corrected chi connectivity index (χ0v) is 19.1. The lowest BCUT2D eigenvalue weighted by Crippen LogP contribution is -2.58.